The van der Waals surface area contributed by atoms with E-state index < -0.39 is 11.0 Å². The summed E-state index contributed by atoms with van der Waals surface area (Å²) in [6, 6.07) is 0. The van der Waals surface area contributed by atoms with Crippen LogP contribution in [0.25, 0.3) is 0 Å². The number of hydrogen-bond donors (Lipinski definition) is 1. The number of hydrogen-bond acceptors (Lipinski definition) is 5. The van der Waals surface area contributed by atoms with Crippen LogP contribution in [0.1, 0.15) is 5.82 Å². The number of nitrogens with zero attached hydrogens (tertiary/aromatic N) is 4. The highest BCUT2D eigenvalue weighted by molar-refractivity contribution is 5.18. The van der Waals surface area contributed by atoms with E-state index in [0.717, 1.165) is 0 Å². The van der Waals surface area contributed by atoms with Gasteiger partial charge in [0.25, 0.3) is 0 Å². The number of likely N-dealkylation sites (N-methyl/N-ethyl adjacent to an activating group) is 1. The molecular weight excluding hydrogens is 212 g/mol. The lowest BCUT2D eigenvalue weighted by Gasteiger charge is -2.15. The lowest BCUT2D eigenvalue weighted by atomic mass is 10.3. The number of imidazole rings is 1. The molecule has 7 heteroatoms. The van der Waals surface area contributed by atoms with Crippen molar-refractivity contribution in [3.8, 4) is 0 Å². The lowest BCUT2D eigenvalue weighted by molar-refractivity contribution is -0.392. The zero-order valence-corrected chi connectivity index (χ0v) is 9.62. The molecule has 0 saturated heterocycles. The Labute approximate surface area is 93.5 Å². The van der Waals surface area contributed by atoms with E-state index in [-0.39, 0.29) is 12.4 Å². The number of nitro groups is 1. The highest BCUT2D eigenvalue weighted by Crippen LogP contribution is 2.14. The van der Waals surface area contributed by atoms with Gasteiger partial charge in [0.2, 0.25) is 0 Å². The predicted molar refractivity (Wildman–Crippen MR) is 58.2 cm³/mol. The molecule has 16 heavy (non-hydrogen) atoms. The quantitative estimate of drug-likeness (QED) is 0.567. The van der Waals surface area contributed by atoms with Crippen LogP contribution in [0.4, 0.5) is 5.82 Å². The summed E-state index contributed by atoms with van der Waals surface area (Å²) in [5, 5.41) is 20.4. The second-order valence-electron chi connectivity index (χ2n) is 3.95. The third-order valence-electron chi connectivity index (χ3n) is 2.19. The van der Waals surface area contributed by atoms with E-state index in [1.807, 2.05) is 19.0 Å². The standard InChI is InChI=1S/C9H16N4O3/c1-7-10-4-9(13(15)16)12(7)6-8(14)5-11(2)3/h4,8,14H,5-6H2,1-3H3. The Morgan fingerprint density at radius 2 is 2.31 bits per heavy atom. The zero-order chi connectivity index (χ0) is 12.3. The van der Waals surface area contributed by atoms with Crippen LogP contribution in [0.5, 0.6) is 0 Å². The maximum atomic E-state index is 10.7. The van der Waals surface area contributed by atoms with Crippen LogP contribution in [0.3, 0.4) is 0 Å². The summed E-state index contributed by atoms with van der Waals surface area (Å²) in [6.45, 7) is 2.31. The molecule has 0 aliphatic carbocycles. The molecule has 0 bridgehead atoms. The molecule has 7 nitrogen and oxygen atoms in total. The number of aliphatic hydroxyl groups excluding tert-OH is 1. The molecule has 0 aromatic carbocycles. The summed E-state index contributed by atoms with van der Waals surface area (Å²) in [7, 11) is 3.66. The molecule has 1 unspecified atom stereocenters. The number of aromatic nitrogens is 2. The normalized spacial score (nSPS) is 13.1. The first-order valence-electron chi connectivity index (χ1n) is 4.91. The first-order chi connectivity index (χ1) is 7.41. The van der Waals surface area contributed by atoms with Gasteiger partial charge in [-0.3, -0.25) is 0 Å². The van der Waals surface area contributed by atoms with E-state index >= 15 is 0 Å². The van der Waals surface area contributed by atoms with E-state index in [1.54, 1.807) is 6.92 Å². The molecule has 0 amide bonds. The van der Waals surface area contributed by atoms with Crippen molar-refractivity contribution >= 4 is 5.82 Å². The highest BCUT2D eigenvalue weighted by Gasteiger charge is 2.20. The van der Waals surface area contributed by atoms with Gasteiger partial charge in [0.1, 0.15) is 18.8 Å². The fourth-order valence-electron chi connectivity index (χ4n) is 1.52. The second kappa shape index (κ2) is 5.04. The van der Waals surface area contributed by atoms with Crippen molar-refractivity contribution in [3.63, 3.8) is 0 Å². The topological polar surface area (TPSA) is 84.4 Å². The van der Waals surface area contributed by atoms with Crippen molar-refractivity contribution in [1.29, 1.82) is 0 Å². The first kappa shape index (κ1) is 12.6. The minimum absolute atomic E-state index is 0.0877. The van der Waals surface area contributed by atoms with Crippen LogP contribution in [0.15, 0.2) is 6.20 Å². The summed E-state index contributed by atoms with van der Waals surface area (Å²) < 4.78 is 1.41. The van der Waals surface area contributed by atoms with Gasteiger partial charge in [0.15, 0.2) is 5.82 Å². The minimum atomic E-state index is -0.651. The Balaban J connectivity index is 2.79. The van der Waals surface area contributed by atoms with Gasteiger partial charge in [-0.2, -0.15) is 0 Å². The van der Waals surface area contributed by atoms with Crippen molar-refractivity contribution in [3.05, 3.63) is 22.1 Å². The molecule has 0 fully saturated rings. The van der Waals surface area contributed by atoms with E-state index in [9.17, 15) is 15.2 Å². The highest BCUT2D eigenvalue weighted by atomic mass is 16.6. The molecule has 1 rings (SSSR count). The Hall–Kier alpha value is -1.47. The summed E-state index contributed by atoms with van der Waals surface area (Å²) in [4.78, 5) is 15.9. The van der Waals surface area contributed by atoms with Crippen LogP contribution in [0.2, 0.25) is 0 Å². The van der Waals surface area contributed by atoms with Crippen LogP contribution in [-0.2, 0) is 6.54 Å². The van der Waals surface area contributed by atoms with Crippen LogP contribution < -0.4 is 0 Å². The molecule has 0 spiro atoms. The molecule has 1 atom stereocenters. The van der Waals surface area contributed by atoms with E-state index in [1.165, 1.54) is 10.8 Å². The number of aryl methyl sites for hydroxylation is 1. The summed E-state index contributed by atoms with van der Waals surface area (Å²) >= 11 is 0. The van der Waals surface area contributed by atoms with Crippen molar-refractivity contribution in [2.75, 3.05) is 20.6 Å². The fraction of sp³-hybridized carbons (Fsp3) is 0.667. The maximum absolute atomic E-state index is 10.7. The summed E-state index contributed by atoms with van der Waals surface area (Å²) in [6.07, 6.45) is 0.555. The Bertz CT molecular complexity index is 375. The maximum Gasteiger partial charge on any atom is 0.342 e. The molecule has 1 N–H and O–H groups in total. The van der Waals surface area contributed by atoms with Crippen LogP contribution >= 0.6 is 0 Å². The van der Waals surface area contributed by atoms with Gasteiger partial charge in [-0.1, -0.05) is 0 Å². The Morgan fingerprint density at radius 3 is 2.81 bits per heavy atom. The predicted octanol–water partition coefficient (Wildman–Crippen LogP) is 0.0222. The average molecular weight is 228 g/mol. The van der Waals surface area contributed by atoms with Crippen molar-refractivity contribution in [1.82, 2.24) is 14.5 Å². The monoisotopic (exact) mass is 228 g/mol. The summed E-state index contributed by atoms with van der Waals surface area (Å²) in [5.74, 6) is 0.444. The Morgan fingerprint density at radius 1 is 1.69 bits per heavy atom. The lowest BCUT2D eigenvalue weighted by Crippen LogP contribution is -2.30. The zero-order valence-electron chi connectivity index (χ0n) is 9.62. The van der Waals surface area contributed by atoms with Crippen molar-refractivity contribution in [2.45, 2.75) is 19.6 Å². The molecule has 90 valence electrons. The third-order valence-corrected chi connectivity index (χ3v) is 2.19. The van der Waals surface area contributed by atoms with Gasteiger partial charge >= 0.3 is 5.82 Å². The minimum Gasteiger partial charge on any atom is -0.388 e. The SMILES string of the molecule is Cc1ncc([N+](=O)[O-])n1CC(O)CN(C)C. The van der Waals surface area contributed by atoms with E-state index in [2.05, 4.69) is 4.98 Å². The third kappa shape index (κ3) is 3.01. The van der Waals surface area contributed by atoms with Gasteiger partial charge in [-0.05, 0) is 19.0 Å². The van der Waals surface area contributed by atoms with Crippen molar-refractivity contribution < 1.29 is 10.0 Å². The van der Waals surface area contributed by atoms with Crippen LogP contribution in [0, 0.1) is 17.0 Å². The summed E-state index contributed by atoms with van der Waals surface area (Å²) in [5.41, 5.74) is 0. The molecule has 0 saturated carbocycles. The van der Waals surface area contributed by atoms with Gasteiger partial charge in [0.05, 0.1) is 0 Å². The van der Waals surface area contributed by atoms with Crippen molar-refractivity contribution in [2.24, 2.45) is 0 Å². The number of aliphatic hydroxyl groups is 1. The smallest absolute Gasteiger partial charge is 0.342 e. The van der Waals surface area contributed by atoms with E-state index in [4.69, 9.17) is 0 Å². The molecule has 0 aliphatic heterocycles. The molecule has 0 radical (unpaired) electrons. The molecule has 0 aliphatic rings. The van der Waals surface area contributed by atoms with Gasteiger partial charge in [-0.15, -0.1) is 0 Å². The molecule has 1 heterocycles. The fourth-order valence-corrected chi connectivity index (χ4v) is 1.52. The molecule has 1 aromatic heterocycles. The van der Waals surface area contributed by atoms with Crippen LogP contribution in [-0.4, -0.2) is 51.2 Å². The van der Waals surface area contributed by atoms with Gasteiger partial charge in [-0.25, -0.2) is 9.55 Å². The van der Waals surface area contributed by atoms with Gasteiger partial charge < -0.3 is 20.1 Å². The molecule has 1 aromatic rings. The molecular formula is C9H16N4O3. The first-order valence-corrected chi connectivity index (χ1v) is 4.91. The second-order valence-corrected chi connectivity index (χ2v) is 3.95. The number of rotatable bonds is 5. The Kier molecular flexibility index (Phi) is 3.97. The van der Waals surface area contributed by atoms with Gasteiger partial charge in [0, 0.05) is 13.5 Å². The largest absolute Gasteiger partial charge is 0.388 e. The van der Waals surface area contributed by atoms with E-state index in [0.29, 0.717) is 12.4 Å². The average Bonchev–Trinajstić information content (AvgIpc) is 2.46.